The Balaban J connectivity index is 2.21. The monoisotopic (exact) mass is 217 g/mol. The van der Waals surface area contributed by atoms with E-state index in [1.54, 1.807) is 0 Å². The highest BCUT2D eigenvalue weighted by Crippen LogP contribution is 2.40. The van der Waals surface area contributed by atoms with E-state index in [1.165, 1.54) is 48.8 Å². The molecule has 0 unspecified atom stereocenters. The molecule has 0 saturated heterocycles. The topological polar surface area (TPSA) is 26.0 Å². The van der Waals surface area contributed by atoms with Crippen LogP contribution in [0.4, 0.5) is 0 Å². The summed E-state index contributed by atoms with van der Waals surface area (Å²) in [6.45, 7) is 5.24. The van der Waals surface area contributed by atoms with Crippen molar-refractivity contribution in [1.29, 1.82) is 0 Å². The molecule has 88 valence electrons. The molecule has 1 aromatic carbocycles. The fourth-order valence-corrected chi connectivity index (χ4v) is 2.97. The van der Waals surface area contributed by atoms with Crippen LogP contribution in [0.1, 0.15) is 42.4 Å². The van der Waals surface area contributed by atoms with Crippen molar-refractivity contribution in [2.75, 3.05) is 6.54 Å². The lowest BCUT2D eigenvalue weighted by atomic mass is 9.79. The van der Waals surface area contributed by atoms with Crippen molar-refractivity contribution in [3.8, 4) is 0 Å². The first-order valence-corrected chi connectivity index (χ1v) is 6.41. The lowest BCUT2D eigenvalue weighted by Crippen LogP contribution is -2.30. The summed E-state index contributed by atoms with van der Waals surface area (Å²) < 4.78 is 0. The second kappa shape index (κ2) is 4.58. The summed E-state index contributed by atoms with van der Waals surface area (Å²) in [5.74, 6) is 0. The Hall–Kier alpha value is -0.820. The van der Waals surface area contributed by atoms with E-state index in [9.17, 15) is 0 Å². The average molecular weight is 217 g/mol. The van der Waals surface area contributed by atoms with Gasteiger partial charge in [0, 0.05) is 0 Å². The van der Waals surface area contributed by atoms with E-state index >= 15 is 0 Å². The number of hydrogen-bond acceptors (Lipinski definition) is 1. The van der Waals surface area contributed by atoms with Crippen LogP contribution in [0.5, 0.6) is 0 Å². The molecule has 0 bridgehead atoms. The number of rotatable bonds is 3. The maximum Gasteiger partial charge on any atom is -0.00173 e. The molecule has 1 aromatic rings. The lowest BCUT2D eigenvalue weighted by Gasteiger charge is -2.28. The first kappa shape index (κ1) is 11.7. The molecule has 1 heteroatoms. The van der Waals surface area contributed by atoms with Crippen molar-refractivity contribution in [3.05, 3.63) is 34.9 Å². The highest BCUT2D eigenvalue weighted by atomic mass is 14.6. The van der Waals surface area contributed by atoms with Gasteiger partial charge in [0.25, 0.3) is 0 Å². The molecule has 1 fully saturated rings. The standard InChI is InChI=1S/C15H23N/c1-12-5-6-13(2)14(9-12)10-15(11-16)7-3-4-8-15/h5-6,9H,3-4,7-8,10-11,16H2,1-2H3. The zero-order valence-electron chi connectivity index (χ0n) is 10.6. The molecule has 0 aliphatic heterocycles. The van der Waals surface area contributed by atoms with Crippen LogP contribution < -0.4 is 5.73 Å². The predicted molar refractivity (Wildman–Crippen MR) is 69.6 cm³/mol. The summed E-state index contributed by atoms with van der Waals surface area (Å²) in [6, 6.07) is 6.78. The predicted octanol–water partition coefficient (Wildman–Crippen LogP) is 3.37. The van der Waals surface area contributed by atoms with Crippen molar-refractivity contribution in [3.63, 3.8) is 0 Å². The van der Waals surface area contributed by atoms with E-state index in [1.807, 2.05) is 0 Å². The van der Waals surface area contributed by atoms with Gasteiger partial charge in [-0.15, -0.1) is 0 Å². The normalized spacial score (nSPS) is 18.9. The minimum Gasteiger partial charge on any atom is -0.330 e. The molecular weight excluding hydrogens is 194 g/mol. The van der Waals surface area contributed by atoms with Crippen LogP contribution in [-0.4, -0.2) is 6.54 Å². The Morgan fingerprint density at radius 1 is 1.19 bits per heavy atom. The van der Waals surface area contributed by atoms with Crippen LogP contribution >= 0.6 is 0 Å². The summed E-state index contributed by atoms with van der Waals surface area (Å²) in [7, 11) is 0. The molecule has 0 spiro atoms. The summed E-state index contributed by atoms with van der Waals surface area (Å²) in [5, 5.41) is 0. The van der Waals surface area contributed by atoms with Gasteiger partial charge in [-0.05, 0) is 56.2 Å². The third kappa shape index (κ3) is 2.30. The smallest absolute Gasteiger partial charge is 0.00173 e. The molecule has 0 radical (unpaired) electrons. The molecule has 1 saturated carbocycles. The van der Waals surface area contributed by atoms with Gasteiger partial charge in [-0.1, -0.05) is 36.6 Å². The molecule has 0 amide bonds. The zero-order valence-corrected chi connectivity index (χ0v) is 10.6. The average Bonchev–Trinajstić information content (AvgIpc) is 2.73. The number of benzene rings is 1. The molecular formula is C15H23N. The second-order valence-electron chi connectivity index (χ2n) is 5.52. The molecule has 0 atom stereocenters. The van der Waals surface area contributed by atoms with E-state index in [2.05, 4.69) is 32.0 Å². The van der Waals surface area contributed by atoms with Gasteiger partial charge in [0.1, 0.15) is 0 Å². The van der Waals surface area contributed by atoms with Crippen molar-refractivity contribution < 1.29 is 0 Å². The van der Waals surface area contributed by atoms with Crippen LogP contribution in [0.2, 0.25) is 0 Å². The van der Waals surface area contributed by atoms with Gasteiger partial charge in [0.2, 0.25) is 0 Å². The Bertz CT molecular complexity index is 362. The highest BCUT2D eigenvalue weighted by Gasteiger charge is 2.32. The first-order chi connectivity index (χ1) is 7.65. The highest BCUT2D eigenvalue weighted by molar-refractivity contribution is 5.31. The van der Waals surface area contributed by atoms with Crippen molar-refractivity contribution in [2.24, 2.45) is 11.1 Å². The number of hydrogen-bond donors (Lipinski definition) is 1. The van der Waals surface area contributed by atoms with Crippen LogP contribution in [-0.2, 0) is 6.42 Å². The quantitative estimate of drug-likeness (QED) is 0.825. The van der Waals surface area contributed by atoms with Crippen molar-refractivity contribution >= 4 is 0 Å². The van der Waals surface area contributed by atoms with E-state index in [-0.39, 0.29) is 0 Å². The molecule has 1 aliphatic rings. The Morgan fingerprint density at radius 2 is 1.88 bits per heavy atom. The number of aryl methyl sites for hydroxylation is 2. The molecule has 0 heterocycles. The summed E-state index contributed by atoms with van der Waals surface area (Å²) in [5.41, 5.74) is 10.7. The number of nitrogens with two attached hydrogens (primary N) is 1. The second-order valence-corrected chi connectivity index (χ2v) is 5.52. The van der Waals surface area contributed by atoms with Gasteiger partial charge in [-0.25, -0.2) is 0 Å². The third-order valence-corrected chi connectivity index (χ3v) is 4.17. The summed E-state index contributed by atoms with van der Waals surface area (Å²) >= 11 is 0. The molecule has 2 N–H and O–H groups in total. The maximum atomic E-state index is 6.00. The molecule has 2 rings (SSSR count). The Kier molecular flexibility index (Phi) is 3.34. The molecule has 1 aliphatic carbocycles. The van der Waals surface area contributed by atoms with Gasteiger partial charge in [0.15, 0.2) is 0 Å². The SMILES string of the molecule is Cc1ccc(C)c(CC2(CN)CCCC2)c1. The van der Waals surface area contributed by atoms with E-state index in [0.717, 1.165) is 6.54 Å². The Labute approximate surface area is 99.0 Å². The van der Waals surface area contributed by atoms with Gasteiger partial charge < -0.3 is 5.73 Å². The van der Waals surface area contributed by atoms with E-state index < -0.39 is 0 Å². The fourth-order valence-electron chi connectivity index (χ4n) is 2.97. The lowest BCUT2D eigenvalue weighted by molar-refractivity contribution is 0.306. The molecule has 1 nitrogen and oxygen atoms in total. The van der Waals surface area contributed by atoms with Crippen LogP contribution in [0.15, 0.2) is 18.2 Å². The Morgan fingerprint density at radius 3 is 2.50 bits per heavy atom. The minimum atomic E-state index is 0.401. The van der Waals surface area contributed by atoms with E-state index in [0.29, 0.717) is 5.41 Å². The largest absolute Gasteiger partial charge is 0.330 e. The van der Waals surface area contributed by atoms with Gasteiger partial charge >= 0.3 is 0 Å². The third-order valence-electron chi connectivity index (χ3n) is 4.17. The van der Waals surface area contributed by atoms with Gasteiger partial charge in [-0.3, -0.25) is 0 Å². The van der Waals surface area contributed by atoms with Gasteiger partial charge in [-0.2, -0.15) is 0 Å². The fraction of sp³-hybridized carbons (Fsp3) is 0.600. The van der Waals surface area contributed by atoms with Crippen LogP contribution in [0.25, 0.3) is 0 Å². The van der Waals surface area contributed by atoms with Gasteiger partial charge in [0.05, 0.1) is 0 Å². The van der Waals surface area contributed by atoms with Crippen LogP contribution in [0.3, 0.4) is 0 Å². The van der Waals surface area contributed by atoms with Crippen molar-refractivity contribution in [2.45, 2.75) is 46.0 Å². The first-order valence-electron chi connectivity index (χ1n) is 6.41. The van der Waals surface area contributed by atoms with Crippen LogP contribution in [0, 0.1) is 19.3 Å². The molecule has 16 heavy (non-hydrogen) atoms. The molecule has 0 aromatic heterocycles. The zero-order chi connectivity index (χ0) is 11.6. The minimum absolute atomic E-state index is 0.401. The van der Waals surface area contributed by atoms with Crippen molar-refractivity contribution in [1.82, 2.24) is 0 Å². The summed E-state index contributed by atoms with van der Waals surface area (Å²) in [6.07, 6.45) is 6.54. The maximum absolute atomic E-state index is 6.00. The van der Waals surface area contributed by atoms with E-state index in [4.69, 9.17) is 5.73 Å². The summed E-state index contributed by atoms with van der Waals surface area (Å²) in [4.78, 5) is 0.